The number of carboxylic acid groups (broad SMARTS) is 2. The van der Waals surface area contributed by atoms with Crippen LogP contribution in [0, 0.1) is 0 Å². The summed E-state index contributed by atoms with van der Waals surface area (Å²) in [6, 6.07) is 4.83. The topological polar surface area (TPSA) is 179 Å². The first kappa shape index (κ1) is 23.1. The summed E-state index contributed by atoms with van der Waals surface area (Å²) in [5, 5.41) is 32.0. The Balaban J connectivity index is 2.94. The zero-order valence-electron chi connectivity index (χ0n) is 15.4. The lowest BCUT2D eigenvalue weighted by Gasteiger charge is -2.23. The smallest absolute Gasteiger partial charge is 0.326 e. The van der Waals surface area contributed by atoms with Crippen LogP contribution in [0.5, 0.6) is 0 Å². The van der Waals surface area contributed by atoms with Crippen molar-refractivity contribution in [3.05, 3.63) is 35.9 Å². The Bertz CT molecular complexity index is 694. The van der Waals surface area contributed by atoms with Crippen LogP contribution < -0.4 is 16.4 Å². The summed E-state index contributed by atoms with van der Waals surface area (Å²) >= 11 is 0. The van der Waals surface area contributed by atoms with Crippen LogP contribution in [-0.2, 0) is 25.6 Å². The van der Waals surface area contributed by atoms with Gasteiger partial charge in [-0.2, -0.15) is 0 Å². The molecule has 1 aromatic carbocycles. The number of hydrogen-bond donors (Lipinski definition) is 6. The van der Waals surface area contributed by atoms with Gasteiger partial charge in [-0.1, -0.05) is 30.3 Å². The fourth-order valence-electron chi connectivity index (χ4n) is 2.34. The van der Waals surface area contributed by atoms with Crippen LogP contribution >= 0.6 is 0 Å². The van der Waals surface area contributed by atoms with Crippen LogP contribution in [0.25, 0.3) is 0 Å². The van der Waals surface area contributed by atoms with Crippen LogP contribution in [0.15, 0.2) is 30.3 Å². The van der Waals surface area contributed by atoms with Crippen molar-refractivity contribution in [3.8, 4) is 0 Å². The Morgan fingerprint density at radius 1 is 1.00 bits per heavy atom. The Labute approximate surface area is 161 Å². The van der Waals surface area contributed by atoms with E-state index in [4.69, 9.17) is 10.8 Å². The van der Waals surface area contributed by atoms with E-state index < -0.39 is 54.4 Å². The highest BCUT2D eigenvalue weighted by Gasteiger charge is 2.29. The molecule has 10 heteroatoms. The first-order valence-corrected chi connectivity index (χ1v) is 8.64. The van der Waals surface area contributed by atoms with Gasteiger partial charge in [0.05, 0.1) is 6.10 Å². The lowest BCUT2D eigenvalue weighted by Crippen LogP contribution is -2.57. The molecule has 0 aliphatic heterocycles. The van der Waals surface area contributed by atoms with Crippen LogP contribution in [0.4, 0.5) is 0 Å². The number of carboxylic acids is 2. The molecule has 0 spiro atoms. The van der Waals surface area contributed by atoms with E-state index in [2.05, 4.69) is 10.6 Å². The zero-order valence-corrected chi connectivity index (χ0v) is 15.4. The molecular formula is C18H25N3O7. The fraction of sp³-hybridized carbons (Fsp3) is 0.444. The van der Waals surface area contributed by atoms with Gasteiger partial charge >= 0.3 is 11.9 Å². The summed E-state index contributed by atoms with van der Waals surface area (Å²) in [7, 11) is 0. The van der Waals surface area contributed by atoms with Gasteiger partial charge in [-0.25, -0.2) is 4.79 Å². The number of nitrogens with two attached hydrogens (primary N) is 1. The molecule has 4 unspecified atom stereocenters. The van der Waals surface area contributed by atoms with Crippen LogP contribution in [0.2, 0.25) is 0 Å². The van der Waals surface area contributed by atoms with Crippen molar-refractivity contribution in [3.63, 3.8) is 0 Å². The standard InChI is InChI=1S/C18H25N3O7/c1-10(22)15(19)17(26)21-13(9-11-5-3-2-4-6-11)16(25)20-12(18(27)28)7-8-14(23)24/h2-6,10,12-13,15,22H,7-9,19H2,1H3,(H,20,25)(H,21,26)(H,23,24)(H,27,28). The third-order valence-electron chi connectivity index (χ3n) is 4.00. The van der Waals surface area contributed by atoms with Crippen molar-refractivity contribution in [2.75, 3.05) is 0 Å². The molecule has 154 valence electrons. The van der Waals surface area contributed by atoms with Crippen LogP contribution in [0.1, 0.15) is 25.3 Å². The molecule has 0 heterocycles. The molecule has 1 aromatic rings. The second kappa shape index (κ2) is 11.0. The summed E-state index contributed by atoms with van der Waals surface area (Å²) < 4.78 is 0. The molecule has 0 fully saturated rings. The number of aliphatic hydroxyl groups excluding tert-OH is 1. The fourth-order valence-corrected chi connectivity index (χ4v) is 2.34. The molecule has 2 amide bonds. The minimum atomic E-state index is -1.43. The lowest BCUT2D eigenvalue weighted by atomic mass is 10.0. The molecule has 0 aromatic heterocycles. The van der Waals surface area contributed by atoms with Crippen molar-refractivity contribution in [2.24, 2.45) is 5.73 Å². The summed E-state index contributed by atoms with van der Waals surface area (Å²) in [6.07, 6.45) is -1.85. The third-order valence-corrected chi connectivity index (χ3v) is 4.00. The summed E-state index contributed by atoms with van der Waals surface area (Å²) in [5.74, 6) is -4.16. The van der Waals surface area contributed by atoms with E-state index in [-0.39, 0.29) is 12.8 Å². The Kier molecular flexibility index (Phi) is 9.06. The van der Waals surface area contributed by atoms with E-state index in [1.54, 1.807) is 30.3 Å². The van der Waals surface area contributed by atoms with Gasteiger partial charge in [-0.15, -0.1) is 0 Å². The summed E-state index contributed by atoms with van der Waals surface area (Å²) in [6.45, 7) is 1.32. The van der Waals surface area contributed by atoms with E-state index in [1.807, 2.05) is 0 Å². The first-order chi connectivity index (χ1) is 13.1. The van der Waals surface area contributed by atoms with Crippen LogP contribution in [0.3, 0.4) is 0 Å². The van der Waals surface area contributed by atoms with Crippen molar-refractivity contribution in [1.29, 1.82) is 0 Å². The van der Waals surface area contributed by atoms with Crippen molar-refractivity contribution >= 4 is 23.8 Å². The number of aliphatic carboxylic acids is 2. The molecule has 4 atom stereocenters. The van der Waals surface area contributed by atoms with Crippen molar-refractivity contribution in [2.45, 2.75) is 50.4 Å². The van der Waals surface area contributed by atoms with E-state index in [0.717, 1.165) is 0 Å². The maximum Gasteiger partial charge on any atom is 0.326 e. The molecule has 7 N–H and O–H groups in total. The zero-order chi connectivity index (χ0) is 21.3. The Morgan fingerprint density at radius 3 is 2.07 bits per heavy atom. The summed E-state index contributed by atoms with van der Waals surface area (Å²) in [5.41, 5.74) is 6.28. The number of amides is 2. The Morgan fingerprint density at radius 2 is 1.57 bits per heavy atom. The number of aliphatic hydroxyl groups is 1. The highest BCUT2D eigenvalue weighted by Crippen LogP contribution is 2.06. The molecule has 0 aliphatic carbocycles. The highest BCUT2D eigenvalue weighted by atomic mass is 16.4. The number of hydrogen-bond acceptors (Lipinski definition) is 6. The molecular weight excluding hydrogens is 370 g/mol. The second-order valence-corrected chi connectivity index (χ2v) is 6.35. The van der Waals surface area contributed by atoms with E-state index in [1.165, 1.54) is 6.92 Å². The Hall–Kier alpha value is -2.98. The number of carbonyl (C=O) groups is 4. The minimum Gasteiger partial charge on any atom is -0.481 e. The predicted molar refractivity (Wildman–Crippen MR) is 98.2 cm³/mol. The molecule has 10 nitrogen and oxygen atoms in total. The number of rotatable bonds is 11. The average molecular weight is 395 g/mol. The average Bonchev–Trinajstić information content (AvgIpc) is 2.63. The number of benzene rings is 1. The van der Waals surface area contributed by atoms with Gasteiger partial charge in [-0.05, 0) is 18.9 Å². The largest absolute Gasteiger partial charge is 0.481 e. The maximum absolute atomic E-state index is 12.6. The predicted octanol–water partition coefficient (Wildman–Crippen LogP) is -1.14. The molecule has 0 aliphatic rings. The number of carbonyl (C=O) groups excluding carboxylic acids is 2. The monoisotopic (exact) mass is 395 g/mol. The first-order valence-electron chi connectivity index (χ1n) is 8.64. The molecule has 28 heavy (non-hydrogen) atoms. The van der Waals surface area contributed by atoms with Gasteiger partial charge in [0.2, 0.25) is 11.8 Å². The lowest BCUT2D eigenvalue weighted by molar-refractivity contribution is -0.143. The molecule has 0 radical (unpaired) electrons. The van der Waals surface area contributed by atoms with Gasteiger partial charge in [0.25, 0.3) is 0 Å². The number of nitrogens with one attached hydrogen (secondary N) is 2. The van der Waals surface area contributed by atoms with Crippen molar-refractivity contribution in [1.82, 2.24) is 10.6 Å². The molecule has 0 saturated heterocycles. The maximum atomic E-state index is 12.6. The highest BCUT2D eigenvalue weighted by molar-refractivity contribution is 5.92. The van der Waals surface area contributed by atoms with E-state index >= 15 is 0 Å². The van der Waals surface area contributed by atoms with Crippen LogP contribution in [-0.4, -0.2) is 63.3 Å². The van der Waals surface area contributed by atoms with E-state index in [9.17, 15) is 29.4 Å². The molecule has 1 rings (SSSR count). The summed E-state index contributed by atoms with van der Waals surface area (Å²) in [4.78, 5) is 46.7. The second-order valence-electron chi connectivity index (χ2n) is 6.35. The molecule has 0 bridgehead atoms. The molecule has 0 saturated carbocycles. The minimum absolute atomic E-state index is 0.0518. The van der Waals surface area contributed by atoms with Gasteiger partial charge in [0.15, 0.2) is 0 Å². The van der Waals surface area contributed by atoms with Gasteiger partial charge < -0.3 is 31.7 Å². The van der Waals surface area contributed by atoms with Gasteiger partial charge in [0, 0.05) is 12.8 Å². The normalized spacial score (nSPS) is 15.0. The SMILES string of the molecule is CC(O)C(N)C(=O)NC(Cc1ccccc1)C(=O)NC(CCC(=O)O)C(=O)O. The third kappa shape index (κ3) is 7.72. The van der Waals surface area contributed by atoms with E-state index in [0.29, 0.717) is 5.56 Å². The quantitative estimate of drug-likeness (QED) is 0.272. The van der Waals surface area contributed by atoms with Gasteiger partial charge in [0.1, 0.15) is 18.1 Å². The van der Waals surface area contributed by atoms with Gasteiger partial charge in [-0.3, -0.25) is 14.4 Å². The van der Waals surface area contributed by atoms with Crippen molar-refractivity contribution < 1.29 is 34.5 Å².